The van der Waals surface area contributed by atoms with Gasteiger partial charge in [0.25, 0.3) is 0 Å². The minimum absolute atomic E-state index is 0.651. The Morgan fingerprint density at radius 1 is 0.302 bits per heavy atom. The molecule has 1 aliphatic carbocycles. The molecule has 0 spiro atoms. The molecule has 0 saturated carbocycles. The topological polar surface area (TPSA) is 16.4 Å². The molecule has 1 heterocycles. The average Bonchev–Trinajstić information content (AvgIpc) is 3.70. The number of para-hydroxylation sites is 2. The highest BCUT2D eigenvalue weighted by molar-refractivity contribution is 6.09. The number of rotatable bonds is 7. The van der Waals surface area contributed by atoms with E-state index in [-0.39, 0.29) is 0 Å². The monoisotopic (exact) mass is 803 g/mol. The van der Waals surface area contributed by atoms with Crippen molar-refractivity contribution in [3.8, 4) is 44.5 Å². The van der Waals surface area contributed by atoms with Crippen LogP contribution >= 0.6 is 0 Å². The highest BCUT2D eigenvalue weighted by Crippen LogP contribution is 2.55. The van der Waals surface area contributed by atoms with Gasteiger partial charge in [-0.15, -0.1) is 0 Å². The van der Waals surface area contributed by atoms with Crippen molar-refractivity contribution < 1.29 is 4.42 Å². The molecule has 63 heavy (non-hydrogen) atoms. The standard InChI is InChI=1S/C61H41NO/c1-3-17-42(18-4-1)43-33-37-47(38-34-43)62(48-39-35-44(36-40-48)50-28-16-29-56-55-27-11-14-32-59(55)63-60(50)56)49-22-15-21-46(41-49)61(45-19-5-2-6-20-45)57-30-12-9-25-53(57)51-23-7-8-24-52(51)54-26-10-13-31-58(54)61/h1-41H. The van der Waals surface area contributed by atoms with E-state index in [1.165, 1.54) is 55.6 Å². The van der Waals surface area contributed by atoms with Gasteiger partial charge in [-0.2, -0.15) is 0 Å². The lowest BCUT2D eigenvalue weighted by atomic mass is 9.63. The molecule has 0 unspecified atom stereocenters. The molecular formula is C61H41NO. The molecule has 0 amide bonds. The Kier molecular flexibility index (Phi) is 8.76. The second kappa shape index (κ2) is 15.1. The van der Waals surface area contributed by atoms with Crippen LogP contribution in [0, 0.1) is 0 Å². The quantitative estimate of drug-likeness (QED) is 0.160. The van der Waals surface area contributed by atoms with E-state index >= 15 is 0 Å². The number of anilines is 3. The third-order valence-corrected chi connectivity index (χ3v) is 13.0. The zero-order chi connectivity index (χ0) is 41.7. The molecule has 0 atom stereocenters. The summed E-state index contributed by atoms with van der Waals surface area (Å²) in [6.07, 6.45) is 0. The minimum atomic E-state index is -0.651. The summed E-state index contributed by atoms with van der Waals surface area (Å²) in [6.45, 7) is 0. The van der Waals surface area contributed by atoms with Crippen molar-refractivity contribution in [2.45, 2.75) is 5.41 Å². The van der Waals surface area contributed by atoms with Crippen LogP contribution in [-0.2, 0) is 5.41 Å². The van der Waals surface area contributed by atoms with Crippen LogP contribution in [0.1, 0.15) is 22.3 Å². The van der Waals surface area contributed by atoms with Crippen LogP contribution in [0.25, 0.3) is 66.4 Å². The molecule has 1 aliphatic rings. The zero-order valence-electron chi connectivity index (χ0n) is 34.5. The van der Waals surface area contributed by atoms with Crippen LogP contribution in [0.2, 0.25) is 0 Å². The maximum absolute atomic E-state index is 6.49. The summed E-state index contributed by atoms with van der Waals surface area (Å²) in [5, 5.41) is 2.26. The van der Waals surface area contributed by atoms with E-state index in [9.17, 15) is 0 Å². The first-order valence-electron chi connectivity index (χ1n) is 21.7. The summed E-state index contributed by atoms with van der Waals surface area (Å²) in [7, 11) is 0. The second-order valence-electron chi connectivity index (χ2n) is 16.4. The van der Waals surface area contributed by atoms with Crippen molar-refractivity contribution in [1.29, 1.82) is 0 Å². The molecule has 2 nitrogen and oxygen atoms in total. The van der Waals surface area contributed by atoms with Crippen LogP contribution in [0.4, 0.5) is 17.1 Å². The number of furan rings is 1. The number of benzene rings is 10. The van der Waals surface area contributed by atoms with Gasteiger partial charge in [0.05, 0.1) is 5.41 Å². The van der Waals surface area contributed by atoms with Crippen LogP contribution in [0.3, 0.4) is 0 Å². The Balaban J connectivity index is 1.07. The van der Waals surface area contributed by atoms with E-state index in [0.717, 1.165) is 50.1 Å². The molecule has 0 saturated heterocycles. The highest BCUT2D eigenvalue weighted by Gasteiger charge is 2.44. The van der Waals surface area contributed by atoms with E-state index in [2.05, 4.69) is 241 Å². The Bertz CT molecular complexity index is 3370. The molecular weight excluding hydrogens is 763 g/mol. The van der Waals surface area contributed by atoms with Gasteiger partial charge in [0.2, 0.25) is 0 Å². The molecule has 12 rings (SSSR count). The van der Waals surface area contributed by atoms with Gasteiger partial charge in [-0.25, -0.2) is 0 Å². The Morgan fingerprint density at radius 3 is 1.44 bits per heavy atom. The van der Waals surface area contributed by atoms with E-state index in [0.29, 0.717) is 0 Å². The second-order valence-corrected chi connectivity index (χ2v) is 16.4. The maximum atomic E-state index is 6.49. The first kappa shape index (κ1) is 36.6. The van der Waals surface area contributed by atoms with Crippen LogP contribution in [0.5, 0.6) is 0 Å². The minimum Gasteiger partial charge on any atom is -0.455 e. The van der Waals surface area contributed by atoms with Gasteiger partial charge in [-0.1, -0.05) is 206 Å². The van der Waals surface area contributed by atoms with Crippen molar-refractivity contribution >= 4 is 39.0 Å². The van der Waals surface area contributed by atoms with Crippen LogP contribution in [0.15, 0.2) is 253 Å². The molecule has 2 heteroatoms. The van der Waals surface area contributed by atoms with E-state index < -0.39 is 5.41 Å². The average molecular weight is 804 g/mol. The third kappa shape index (κ3) is 5.95. The lowest BCUT2D eigenvalue weighted by Crippen LogP contribution is -2.32. The SMILES string of the molecule is c1ccc(-c2ccc(N(c3ccc(-c4cccc5c4oc4ccccc45)cc3)c3cccc(C4(c5ccccc5)c5ccccc5-c5ccccc5-c5ccccc54)c3)cc2)cc1. The largest absolute Gasteiger partial charge is 0.455 e. The Morgan fingerprint density at radius 2 is 0.778 bits per heavy atom. The Hall–Kier alpha value is -8.20. The predicted octanol–water partition coefficient (Wildman–Crippen LogP) is 16.4. The predicted molar refractivity (Wildman–Crippen MR) is 262 cm³/mol. The van der Waals surface area contributed by atoms with Gasteiger partial charge in [0, 0.05) is 33.4 Å². The first-order chi connectivity index (χ1) is 31.3. The van der Waals surface area contributed by atoms with E-state index in [4.69, 9.17) is 4.42 Å². The van der Waals surface area contributed by atoms with Crippen molar-refractivity contribution in [2.24, 2.45) is 0 Å². The van der Waals surface area contributed by atoms with Crippen molar-refractivity contribution in [2.75, 3.05) is 4.90 Å². The number of hydrogen-bond acceptors (Lipinski definition) is 2. The molecule has 1 aromatic heterocycles. The number of fused-ring (bicyclic) bond motifs is 8. The molecule has 0 fully saturated rings. The number of hydrogen-bond donors (Lipinski definition) is 0. The smallest absolute Gasteiger partial charge is 0.143 e. The van der Waals surface area contributed by atoms with Crippen molar-refractivity contribution in [1.82, 2.24) is 0 Å². The van der Waals surface area contributed by atoms with Crippen LogP contribution in [-0.4, -0.2) is 0 Å². The van der Waals surface area contributed by atoms with E-state index in [1.807, 2.05) is 12.1 Å². The third-order valence-electron chi connectivity index (χ3n) is 13.0. The summed E-state index contributed by atoms with van der Waals surface area (Å²) in [5.41, 5.74) is 18.8. The van der Waals surface area contributed by atoms with Gasteiger partial charge in [-0.3, -0.25) is 0 Å². The first-order valence-corrected chi connectivity index (χ1v) is 21.7. The summed E-state index contributed by atoms with van der Waals surface area (Å²) in [5.74, 6) is 0. The fourth-order valence-electron chi connectivity index (χ4n) is 10.2. The lowest BCUT2D eigenvalue weighted by molar-refractivity contribution is 0.670. The van der Waals surface area contributed by atoms with Gasteiger partial charge in [0.15, 0.2) is 0 Å². The summed E-state index contributed by atoms with van der Waals surface area (Å²) >= 11 is 0. The fraction of sp³-hybridized carbons (Fsp3) is 0.0164. The number of nitrogens with zero attached hydrogens (tertiary/aromatic N) is 1. The molecule has 11 aromatic rings. The van der Waals surface area contributed by atoms with Crippen molar-refractivity contribution in [3.05, 3.63) is 271 Å². The molecule has 10 aromatic carbocycles. The normalized spacial score (nSPS) is 12.6. The molecule has 0 bridgehead atoms. The van der Waals surface area contributed by atoms with Crippen molar-refractivity contribution in [3.63, 3.8) is 0 Å². The fourth-order valence-corrected chi connectivity index (χ4v) is 10.2. The molecule has 0 N–H and O–H groups in total. The molecule has 0 radical (unpaired) electrons. The Labute approximate surface area is 367 Å². The van der Waals surface area contributed by atoms with Gasteiger partial charge >= 0.3 is 0 Å². The van der Waals surface area contributed by atoms with Gasteiger partial charge in [0.1, 0.15) is 11.2 Å². The molecule has 296 valence electrons. The summed E-state index contributed by atoms with van der Waals surface area (Å²) in [4.78, 5) is 2.39. The van der Waals surface area contributed by atoms with Crippen LogP contribution < -0.4 is 4.90 Å². The van der Waals surface area contributed by atoms with Gasteiger partial charge < -0.3 is 9.32 Å². The zero-order valence-corrected chi connectivity index (χ0v) is 34.5. The summed E-state index contributed by atoms with van der Waals surface area (Å²) < 4.78 is 6.49. The maximum Gasteiger partial charge on any atom is 0.143 e. The summed E-state index contributed by atoms with van der Waals surface area (Å²) in [6, 6.07) is 90.5. The van der Waals surface area contributed by atoms with Gasteiger partial charge in [-0.05, 0) is 104 Å². The highest BCUT2D eigenvalue weighted by atomic mass is 16.3. The van der Waals surface area contributed by atoms with E-state index in [1.54, 1.807) is 0 Å². The molecule has 0 aliphatic heterocycles. The lowest BCUT2D eigenvalue weighted by Gasteiger charge is -2.39.